The molecule has 0 aliphatic heterocycles. The molecule has 18 heavy (non-hydrogen) atoms. The molecule has 0 aromatic carbocycles. The van der Waals surface area contributed by atoms with E-state index in [-0.39, 0.29) is 0 Å². The second-order valence-corrected chi connectivity index (χ2v) is 7.15. The summed E-state index contributed by atoms with van der Waals surface area (Å²) in [7, 11) is 0. The smallest absolute Gasteiger partial charge is 0.142 e. The van der Waals surface area contributed by atoms with Gasteiger partial charge in [0, 0.05) is 10.1 Å². The molecule has 0 fully saturated rings. The van der Waals surface area contributed by atoms with Crippen molar-refractivity contribution in [3.8, 4) is 0 Å². The number of aryl methyl sites for hydroxylation is 2. The van der Waals surface area contributed by atoms with Gasteiger partial charge in [-0.15, -0.1) is 11.3 Å². The van der Waals surface area contributed by atoms with E-state index in [4.69, 9.17) is 5.73 Å². The Hall–Kier alpha value is -0.810. The summed E-state index contributed by atoms with van der Waals surface area (Å²) in [6, 6.07) is 0. The van der Waals surface area contributed by atoms with Gasteiger partial charge in [0.15, 0.2) is 0 Å². The molecule has 1 unspecified atom stereocenters. The standard InChI is InChI=1S/C13H19N3S2/c1-5-7(2)17-6-10-15-12(14)11-8(3)9(4)18-13(11)16-10/h7H,5-6H2,1-4H3,(H2,14,15,16). The van der Waals surface area contributed by atoms with Crippen molar-refractivity contribution in [3.63, 3.8) is 0 Å². The molecule has 2 N–H and O–H groups in total. The van der Waals surface area contributed by atoms with Crippen molar-refractivity contribution in [2.45, 2.75) is 45.1 Å². The van der Waals surface area contributed by atoms with E-state index in [2.05, 4.69) is 37.7 Å². The lowest BCUT2D eigenvalue weighted by atomic mass is 10.2. The molecule has 0 bridgehead atoms. The SMILES string of the molecule is CCC(C)SCc1nc(N)c2c(C)c(C)sc2n1. The van der Waals surface area contributed by atoms with Crippen LogP contribution in [0.25, 0.3) is 10.2 Å². The Morgan fingerprint density at radius 1 is 1.33 bits per heavy atom. The number of thioether (sulfide) groups is 1. The van der Waals surface area contributed by atoms with Crippen LogP contribution in [0, 0.1) is 13.8 Å². The largest absolute Gasteiger partial charge is 0.383 e. The molecule has 2 rings (SSSR count). The number of nitrogens with zero attached hydrogens (tertiary/aromatic N) is 2. The topological polar surface area (TPSA) is 51.8 Å². The summed E-state index contributed by atoms with van der Waals surface area (Å²) in [4.78, 5) is 11.4. The molecule has 0 aliphatic rings. The van der Waals surface area contributed by atoms with Gasteiger partial charge in [0.25, 0.3) is 0 Å². The zero-order chi connectivity index (χ0) is 13.3. The number of anilines is 1. The first-order chi connectivity index (χ1) is 8.52. The van der Waals surface area contributed by atoms with Gasteiger partial charge in [0.05, 0.1) is 11.1 Å². The van der Waals surface area contributed by atoms with Crippen LogP contribution in [0.15, 0.2) is 0 Å². The molecule has 3 nitrogen and oxygen atoms in total. The lowest BCUT2D eigenvalue weighted by Gasteiger charge is -2.07. The van der Waals surface area contributed by atoms with E-state index >= 15 is 0 Å². The number of nitrogen functional groups attached to an aromatic ring is 1. The molecule has 0 saturated carbocycles. The van der Waals surface area contributed by atoms with Crippen molar-refractivity contribution in [3.05, 3.63) is 16.3 Å². The Bertz CT molecular complexity index is 563. The first-order valence-electron chi connectivity index (χ1n) is 6.16. The predicted molar refractivity (Wildman–Crippen MR) is 82.3 cm³/mol. The first kappa shape index (κ1) is 13.6. The molecule has 2 aromatic rings. The van der Waals surface area contributed by atoms with Crippen molar-refractivity contribution in [2.75, 3.05) is 5.73 Å². The summed E-state index contributed by atoms with van der Waals surface area (Å²) >= 11 is 3.59. The minimum Gasteiger partial charge on any atom is -0.383 e. The van der Waals surface area contributed by atoms with Crippen molar-refractivity contribution >= 4 is 39.1 Å². The van der Waals surface area contributed by atoms with Crippen molar-refractivity contribution in [2.24, 2.45) is 0 Å². The number of fused-ring (bicyclic) bond motifs is 1. The number of hydrogen-bond donors (Lipinski definition) is 1. The molecular weight excluding hydrogens is 262 g/mol. The van der Waals surface area contributed by atoms with Crippen LogP contribution < -0.4 is 5.73 Å². The van der Waals surface area contributed by atoms with Crippen molar-refractivity contribution in [1.82, 2.24) is 9.97 Å². The monoisotopic (exact) mass is 281 g/mol. The minimum atomic E-state index is 0.626. The zero-order valence-corrected chi connectivity index (χ0v) is 12.9. The maximum atomic E-state index is 6.06. The molecule has 2 heterocycles. The number of hydrogen-bond acceptors (Lipinski definition) is 5. The van der Waals surface area contributed by atoms with E-state index < -0.39 is 0 Å². The van der Waals surface area contributed by atoms with Gasteiger partial charge < -0.3 is 5.73 Å². The van der Waals surface area contributed by atoms with Crippen LogP contribution in [0.3, 0.4) is 0 Å². The Balaban J connectivity index is 2.32. The Morgan fingerprint density at radius 3 is 2.72 bits per heavy atom. The summed E-state index contributed by atoms with van der Waals surface area (Å²) in [5.41, 5.74) is 7.27. The lowest BCUT2D eigenvalue weighted by molar-refractivity contribution is 0.902. The van der Waals surface area contributed by atoms with Gasteiger partial charge in [0.2, 0.25) is 0 Å². The average molecular weight is 281 g/mol. The Morgan fingerprint density at radius 2 is 2.06 bits per heavy atom. The maximum Gasteiger partial charge on any atom is 0.142 e. The summed E-state index contributed by atoms with van der Waals surface area (Å²) < 4.78 is 0. The summed E-state index contributed by atoms with van der Waals surface area (Å²) in [6.07, 6.45) is 1.17. The quantitative estimate of drug-likeness (QED) is 0.922. The lowest BCUT2D eigenvalue weighted by Crippen LogP contribution is -2.01. The number of nitrogens with two attached hydrogens (primary N) is 1. The number of rotatable bonds is 4. The zero-order valence-electron chi connectivity index (χ0n) is 11.3. The number of thiophene rings is 1. The average Bonchev–Trinajstić information content (AvgIpc) is 2.62. The second-order valence-electron chi connectivity index (χ2n) is 4.52. The third-order valence-electron chi connectivity index (χ3n) is 3.17. The van der Waals surface area contributed by atoms with E-state index in [0.29, 0.717) is 11.1 Å². The van der Waals surface area contributed by atoms with Gasteiger partial charge in [-0.25, -0.2) is 9.97 Å². The van der Waals surface area contributed by atoms with Gasteiger partial charge in [-0.2, -0.15) is 11.8 Å². The number of aromatic nitrogens is 2. The normalized spacial score (nSPS) is 13.1. The van der Waals surface area contributed by atoms with E-state index in [9.17, 15) is 0 Å². The predicted octanol–water partition coefficient (Wildman–Crippen LogP) is 3.92. The third kappa shape index (κ3) is 2.62. The highest BCUT2D eigenvalue weighted by molar-refractivity contribution is 7.99. The summed E-state index contributed by atoms with van der Waals surface area (Å²) in [5, 5.41) is 1.67. The molecule has 0 saturated heterocycles. The second kappa shape index (κ2) is 5.45. The van der Waals surface area contributed by atoms with Gasteiger partial charge in [-0.3, -0.25) is 0 Å². The highest BCUT2D eigenvalue weighted by atomic mass is 32.2. The van der Waals surface area contributed by atoms with Crippen LogP contribution in [0.1, 0.15) is 36.5 Å². The fourth-order valence-corrected chi connectivity index (χ4v) is 3.58. The van der Waals surface area contributed by atoms with E-state index in [1.807, 2.05) is 11.8 Å². The molecule has 0 amide bonds. The molecule has 0 spiro atoms. The van der Waals surface area contributed by atoms with Gasteiger partial charge in [0.1, 0.15) is 16.5 Å². The third-order valence-corrected chi connectivity index (χ3v) is 5.60. The van der Waals surface area contributed by atoms with Crippen LogP contribution in [0.4, 0.5) is 5.82 Å². The molecule has 1 atom stereocenters. The van der Waals surface area contributed by atoms with Crippen molar-refractivity contribution in [1.29, 1.82) is 0 Å². The molecule has 0 aliphatic carbocycles. The highest BCUT2D eigenvalue weighted by Gasteiger charge is 2.13. The summed E-state index contributed by atoms with van der Waals surface area (Å²) in [5.74, 6) is 2.32. The van der Waals surface area contributed by atoms with E-state index in [1.165, 1.54) is 16.9 Å². The van der Waals surface area contributed by atoms with Crippen LogP contribution in [0.2, 0.25) is 0 Å². The van der Waals surface area contributed by atoms with E-state index in [0.717, 1.165) is 21.8 Å². The molecule has 5 heteroatoms. The van der Waals surface area contributed by atoms with Crippen LogP contribution in [0.5, 0.6) is 0 Å². The summed E-state index contributed by atoms with van der Waals surface area (Å²) in [6.45, 7) is 8.62. The highest BCUT2D eigenvalue weighted by Crippen LogP contribution is 2.32. The Kier molecular flexibility index (Phi) is 4.12. The van der Waals surface area contributed by atoms with Crippen LogP contribution in [-0.2, 0) is 5.75 Å². The first-order valence-corrected chi connectivity index (χ1v) is 8.03. The molecule has 98 valence electrons. The molecule has 2 aromatic heterocycles. The fourth-order valence-electron chi connectivity index (χ4n) is 1.73. The van der Waals surface area contributed by atoms with Crippen molar-refractivity contribution < 1.29 is 0 Å². The van der Waals surface area contributed by atoms with Crippen LogP contribution in [-0.4, -0.2) is 15.2 Å². The molecular formula is C13H19N3S2. The minimum absolute atomic E-state index is 0.626. The van der Waals surface area contributed by atoms with Gasteiger partial charge in [-0.05, 0) is 25.8 Å². The Labute approximate surface area is 116 Å². The molecule has 0 radical (unpaired) electrons. The van der Waals surface area contributed by atoms with E-state index in [1.54, 1.807) is 11.3 Å². The van der Waals surface area contributed by atoms with Gasteiger partial charge >= 0.3 is 0 Å². The van der Waals surface area contributed by atoms with Gasteiger partial charge in [-0.1, -0.05) is 13.8 Å². The van der Waals surface area contributed by atoms with Crippen LogP contribution >= 0.6 is 23.1 Å². The fraction of sp³-hybridized carbons (Fsp3) is 0.538. The maximum absolute atomic E-state index is 6.06.